The molecule has 2 fully saturated rings. The average Bonchev–Trinajstić information content (AvgIpc) is 2.80. The van der Waals surface area contributed by atoms with E-state index in [0.29, 0.717) is 0 Å². The second kappa shape index (κ2) is 8.70. The van der Waals surface area contributed by atoms with Crippen LogP contribution >= 0.6 is 0 Å². The third-order valence-corrected chi connectivity index (χ3v) is 4.07. The van der Waals surface area contributed by atoms with Gasteiger partial charge in [-0.15, -0.1) is 0 Å². The fourth-order valence-electron chi connectivity index (χ4n) is 2.63. The monoisotopic (exact) mass is 350 g/mol. The maximum absolute atomic E-state index is 10.00. The molecular weight excluding hydrogens is 327 g/mol. The Morgan fingerprint density at radius 2 is 1.38 bits per heavy atom. The van der Waals surface area contributed by atoms with Gasteiger partial charge >= 0.3 is 18.9 Å². The molecule has 0 aromatic rings. The molecule has 0 radical (unpaired) electrons. The van der Waals surface area contributed by atoms with Gasteiger partial charge in [0.1, 0.15) is 49.3 Å². The van der Waals surface area contributed by atoms with Crippen LogP contribution in [0.5, 0.6) is 0 Å². The first-order chi connectivity index (χ1) is 10.8. The number of hydrogen-bond acceptors (Lipinski definition) is 11. The summed E-state index contributed by atoms with van der Waals surface area (Å²) in [6, 6.07) is 0. The number of hydrogen-bond donors (Lipinski definition) is 8. The van der Waals surface area contributed by atoms with E-state index >= 15 is 0 Å². The van der Waals surface area contributed by atoms with Gasteiger partial charge in [-0.3, -0.25) is 0 Å². The predicted molar refractivity (Wildman–Crippen MR) is 75.8 cm³/mol. The summed E-state index contributed by atoms with van der Waals surface area (Å²) in [6.07, 6.45) is -12.7. The molecule has 0 unspecified atom stereocenters. The topological polar surface area (TPSA) is 190 Å². The van der Waals surface area contributed by atoms with Crippen molar-refractivity contribution in [2.75, 3.05) is 19.8 Å². The summed E-state index contributed by atoms with van der Waals surface area (Å²) in [5.41, 5.74) is 0. The van der Waals surface area contributed by atoms with Gasteiger partial charge in [-0.25, -0.2) is 0 Å². The molecule has 0 amide bonds. The zero-order chi connectivity index (χ0) is 17.4. The zero-order valence-electron chi connectivity index (χ0n) is 12.0. The van der Waals surface area contributed by atoms with E-state index in [9.17, 15) is 30.6 Å². The third kappa shape index (κ3) is 3.79. The van der Waals surface area contributed by atoms with Gasteiger partial charge in [-0.1, -0.05) is 0 Å². The van der Waals surface area contributed by atoms with Crippen molar-refractivity contribution in [3.63, 3.8) is 0 Å². The van der Waals surface area contributed by atoms with Crippen LogP contribution in [0.3, 0.4) is 0 Å². The van der Waals surface area contributed by atoms with E-state index in [1.54, 1.807) is 0 Å². The van der Waals surface area contributed by atoms with Gasteiger partial charge in [-0.2, -0.15) is 0 Å². The molecule has 2 rings (SSSR count). The molecule has 0 aliphatic carbocycles. The zero-order valence-corrected chi connectivity index (χ0v) is 12.0. The minimum absolute atomic E-state index is 0. The van der Waals surface area contributed by atoms with Gasteiger partial charge in [0.15, 0.2) is 6.29 Å². The molecule has 2 aliphatic rings. The van der Waals surface area contributed by atoms with Gasteiger partial charge in [0.25, 0.3) is 0 Å². The Bertz CT molecular complexity index is 399. The van der Waals surface area contributed by atoms with Crippen molar-refractivity contribution in [2.24, 2.45) is 0 Å². The van der Waals surface area contributed by atoms with E-state index in [-0.39, 0.29) is 18.9 Å². The Hall–Kier alpha value is 0.157. The number of ether oxygens (including phenoxy) is 3. The standard InChI is InChI=1S/C12H22O11.Li.H/c13-1-4-6(16)8(18)9(19)11(21-4)23-12(3-15)10(20)7(17)5(2-14)22-12;;/h4-11,13-20H,1-3H2;;/t4-,5-,6-,7-,8+,9-,10+,11-,12+;;/m1../s1. The molecule has 0 aromatic heterocycles. The van der Waals surface area contributed by atoms with E-state index in [4.69, 9.17) is 24.4 Å². The second-order valence-corrected chi connectivity index (χ2v) is 5.56. The first-order valence-electron chi connectivity index (χ1n) is 7.05. The van der Waals surface area contributed by atoms with E-state index in [1.165, 1.54) is 0 Å². The Morgan fingerprint density at radius 3 is 1.83 bits per heavy atom. The van der Waals surface area contributed by atoms with Crippen molar-refractivity contribution in [1.82, 2.24) is 0 Å². The Kier molecular flexibility index (Phi) is 8.04. The van der Waals surface area contributed by atoms with Gasteiger partial charge in [-0.05, 0) is 0 Å². The molecule has 0 spiro atoms. The van der Waals surface area contributed by atoms with Gasteiger partial charge in [0.05, 0.1) is 13.2 Å². The molecular formula is C12H23LiO11. The number of rotatable bonds is 5. The van der Waals surface area contributed by atoms with Crippen molar-refractivity contribution < 1.29 is 55.1 Å². The summed E-state index contributed by atoms with van der Waals surface area (Å²) in [4.78, 5) is 0. The van der Waals surface area contributed by atoms with Crippen molar-refractivity contribution >= 4 is 18.9 Å². The molecule has 138 valence electrons. The van der Waals surface area contributed by atoms with Crippen LogP contribution in [0, 0.1) is 0 Å². The summed E-state index contributed by atoms with van der Waals surface area (Å²) in [7, 11) is 0. The number of aliphatic hydroxyl groups excluding tert-OH is 8. The molecule has 8 N–H and O–H groups in total. The number of aliphatic hydroxyl groups is 8. The first kappa shape index (κ1) is 22.2. The van der Waals surface area contributed by atoms with E-state index in [1.807, 2.05) is 0 Å². The fraction of sp³-hybridized carbons (Fsp3) is 1.00. The molecule has 24 heavy (non-hydrogen) atoms. The van der Waals surface area contributed by atoms with Crippen molar-refractivity contribution in [3.8, 4) is 0 Å². The molecule has 11 nitrogen and oxygen atoms in total. The Balaban J connectivity index is 0.00000288. The van der Waals surface area contributed by atoms with Crippen LogP contribution < -0.4 is 0 Å². The van der Waals surface area contributed by atoms with Crippen LogP contribution in [0.4, 0.5) is 0 Å². The van der Waals surface area contributed by atoms with Crippen LogP contribution in [0.25, 0.3) is 0 Å². The van der Waals surface area contributed by atoms with Crippen molar-refractivity contribution in [3.05, 3.63) is 0 Å². The molecule has 0 bridgehead atoms. The van der Waals surface area contributed by atoms with Gasteiger partial charge in [0, 0.05) is 0 Å². The fourth-order valence-corrected chi connectivity index (χ4v) is 2.63. The van der Waals surface area contributed by atoms with Crippen LogP contribution in [-0.2, 0) is 14.2 Å². The summed E-state index contributed by atoms with van der Waals surface area (Å²) in [6.45, 7) is -2.32. The van der Waals surface area contributed by atoms with E-state index in [0.717, 1.165) is 0 Å². The quantitative estimate of drug-likeness (QED) is 0.220. The normalized spacial score (nSPS) is 49.0. The van der Waals surface area contributed by atoms with E-state index in [2.05, 4.69) is 0 Å². The van der Waals surface area contributed by atoms with Gasteiger partial charge in [0.2, 0.25) is 5.79 Å². The molecule has 2 saturated heterocycles. The molecule has 12 heteroatoms. The maximum atomic E-state index is 10.00. The van der Waals surface area contributed by atoms with Crippen LogP contribution in [-0.4, -0.2) is 134 Å². The average molecular weight is 350 g/mol. The van der Waals surface area contributed by atoms with Crippen LogP contribution in [0.2, 0.25) is 0 Å². The molecule has 9 atom stereocenters. The Morgan fingerprint density at radius 1 is 0.792 bits per heavy atom. The molecule has 0 aromatic carbocycles. The van der Waals surface area contributed by atoms with E-state index < -0.39 is 74.6 Å². The molecule has 2 heterocycles. The minimum atomic E-state index is -2.22. The predicted octanol–water partition coefficient (Wildman–Crippen LogP) is -6.04. The summed E-state index contributed by atoms with van der Waals surface area (Å²) in [5.74, 6) is -2.22. The van der Waals surface area contributed by atoms with Crippen LogP contribution in [0.1, 0.15) is 0 Å². The third-order valence-electron chi connectivity index (χ3n) is 4.07. The molecule has 0 saturated carbocycles. The van der Waals surface area contributed by atoms with Gasteiger partial charge < -0.3 is 55.1 Å². The summed E-state index contributed by atoms with van der Waals surface area (Å²) in [5, 5.41) is 76.7. The van der Waals surface area contributed by atoms with Crippen LogP contribution in [0.15, 0.2) is 0 Å². The first-order valence-corrected chi connectivity index (χ1v) is 7.05. The summed E-state index contributed by atoms with van der Waals surface area (Å²) < 4.78 is 15.4. The van der Waals surface area contributed by atoms with Crippen molar-refractivity contribution in [1.29, 1.82) is 0 Å². The van der Waals surface area contributed by atoms with Crippen molar-refractivity contribution in [2.45, 2.75) is 54.8 Å². The SMILES string of the molecule is OC[C@H]1O[C@@](CO)(O[C@H]2O[C@H](CO)[C@@H](O)[C@H](O)[C@H]2O)[C@@H](O)[C@@H]1O.[LiH]. The Labute approximate surface area is 149 Å². The summed E-state index contributed by atoms with van der Waals surface area (Å²) >= 11 is 0. The molecule has 2 aliphatic heterocycles. The second-order valence-electron chi connectivity index (χ2n) is 5.56.